The van der Waals surface area contributed by atoms with Crippen LogP contribution in [0.2, 0.25) is 0 Å². The lowest BCUT2D eigenvalue weighted by Gasteiger charge is -2.08. The molecule has 0 spiro atoms. The van der Waals surface area contributed by atoms with Crippen molar-refractivity contribution in [2.24, 2.45) is 0 Å². The van der Waals surface area contributed by atoms with Crippen LogP contribution >= 0.6 is 11.3 Å². The summed E-state index contributed by atoms with van der Waals surface area (Å²) in [6.45, 7) is 2.52. The van der Waals surface area contributed by atoms with Crippen LogP contribution in [0, 0.1) is 6.92 Å². The molecule has 0 fully saturated rings. The molecule has 2 aromatic carbocycles. The van der Waals surface area contributed by atoms with Gasteiger partial charge in [0.1, 0.15) is 5.82 Å². The predicted molar refractivity (Wildman–Crippen MR) is 111 cm³/mol. The van der Waals surface area contributed by atoms with E-state index in [9.17, 15) is 4.79 Å². The van der Waals surface area contributed by atoms with Gasteiger partial charge in [0.05, 0.1) is 16.6 Å². The van der Waals surface area contributed by atoms with Gasteiger partial charge in [-0.3, -0.25) is 4.79 Å². The summed E-state index contributed by atoms with van der Waals surface area (Å²) in [5.41, 5.74) is 4.49. The summed E-state index contributed by atoms with van der Waals surface area (Å²) in [5.74, 6) is 0.431. The summed E-state index contributed by atoms with van der Waals surface area (Å²) in [7, 11) is 0. The molecule has 4 aromatic rings. The first-order chi connectivity index (χ1) is 13.2. The normalized spacial score (nSPS) is 11.7. The maximum Gasteiger partial charge on any atom is 0.255 e. The molecule has 4 rings (SSSR count). The van der Waals surface area contributed by atoms with Gasteiger partial charge < -0.3 is 10.3 Å². The summed E-state index contributed by atoms with van der Waals surface area (Å²) in [4.78, 5) is 21.9. The van der Waals surface area contributed by atoms with E-state index in [1.807, 2.05) is 73.0 Å². The minimum atomic E-state index is -0.147. The van der Waals surface area contributed by atoms with E-state index in [0.717, 1.165) is 27.0 Å². The van der Waals surface area contributed by atoms with Crippen molar-refractivity contribution in [2.75, 3.05) is 0 Å². The van der Waals surface area contributed by atoms with E-state index in [1.165, 1.54) is 0 Å². The van der Waals surface area contributed by atoms with Crippen molar-refractivity contribution in [3.05, 3.63) is 87.9 Å². The third kappa shape index (κ3) is 3.83. The molecule has 27 heavy (non-hydrogen) atoms. The van der Waals surface area contributed by atoms with Crippen molar-refractivity contribution in [3.63, 3.8) is 0 Å². The Morgan fingerprint density at radius 3 is 2.63 bits per heavy atom. The van der Waals surface area contributed by atoms with E-state index in [-0.39, 0.29) is 5.91 Å². The van der Waals surface area contributed by atoms with Gasteiger partial charge in [0, 0.05) is 11.4 Å². The van der Waals surface area contributed by atoms with Gasteiger partial charge >= 0.3 is 0 Å². The van der Waals surface area contributed by atoms with Gasteiger partial charge in [-0.05, 0) is 47.7 Å². The first-order valence-electron chi connectivity index (χ1n) is 8.74. The van der Waals surface area contributed by atoms with E-state index in [2.05, 4.69) is 21.4 Å². The number of aromatic nitrogens is 2. The third-order valence-electron chi connectivity index (χ3n) is 4.36. The number of fused-ring (bicyclic) bond motifs is 1. The van der Waals surface area contributed by atoms with Gasteiger partial charge in [-0.2, -0.15) is 0 Å². The van der Waals surface area contributed by atoms with Gasteiger partial charge in [-0.25, -0.2) is 4.98 Å². The Hall–Kier alpha value is -3.18. The molecule has 2 heterocycles. The molecule has 0 radical (unpaired) electrons. The highest BCUT2D eigenvalue weighted by atomic mass is 32.1. The van der Waals surface area contributed by atoms with Crippen LogP contribution in [0.5, 0.6) is 0 Å². The fourth-order valence-corrected chi connectivity index (χ4v) is 3.72. The number of thiophene rings is 1. The SMILES string of the molecule is Cc1ccsc1C=C(C(=O)NCc1ccccc1)c1nc2ccccc2[nH]1. The second kappa shape index (κ2) is 7.60. The van der Waals surface area contributed by atoms with Crippen LogP contribution in [0.1, 0.15) is 21.8 Å². The smallest absolute Gasteiger partial charge is 0.255 e. The number of carbonyl (C=O) groups excluding carboxylic acids is 1. The van der Waals surface area contributed by atoms with Crippen molar-refractivity contribution < 1.29 is 4.79 Å². The van der Waals surface area contributed by atoms with Crippen LogP contribution in [0.3, 0.4) is 0 Å². The maximum atomic E-state index is 13.0. The highest BCUT2D eigenvalue weighted by Crippen LogP contribution is 2.24. The molecule has 0 unspecified atom stereocenters. The lowest BCUT2D eigenvalue weighted by atomic mass is 10.1. The molecular weight excluding hydrogens is 354 g/mol. The molecule has 134 valence electrons. The third-order valence-corrected chi connectivity index (χ3v) is 5.33. The number of H-pyrrole nitrogens is 1. The number of aromatic amines is 1. The van der Waals surface area contributed by atoms with Gasteiger partial charge in [-0.15, -0.1) is 11.3 Å². The largest absolute Gasteiger partial charge is 0.348 e. The highest BCUT2D eigenvalue weighted by Gasteiger charge is 2.17. The molecule has 0 atom stereocenters. The number of imidazole rings is 1. The van der Waals surface area contributed by atoms with E-state index < -0.39 is 0 Å². The lowest BCUT2D eigenvalue weighted by Crippen LogP contribution is -2.24. The zero-order valence-electron chi connectivity index (χ0n) is 14.9. The summed E-state index contributed by atoms with van der Waals surface area (Å²) in [6.07, 6.45) is 1.91. The van der Waals surface area contributed by atoms with Crippen LogP contribution in [-0.2, 0) is 11.3 Å². The Labute approximate surface area is 161 Å². The van der Waals surface area contributed by atoms with Crippen molar-refractivity contribution in [1.82, 2.24) is 15.3 Å². The summed E-state index contributed by atoms with van der Waals surface area (Å²) >= 11 is 1.61. The number of hydrogen-bond donors (Lipinski definition) is 2. The molecule has 2 aromatic heterocycles. The topological polar surface area (TPSA) is 57.8 Å². The van der Waals surface area contributed by atoms with Crippen LogP contribution in [0.15, 0.2) is 66.0 Å². The first kappa shape index (κ1) is 17.2. The fourth-order valence-electron chi connectivity index (χ4n) is 2.86. The van der Waals surface area contributed by atoms with Crippen molar-refractivity contribution >= 4 is 39.9 Å². The molecule has 1 amide bonds. The van der Waals surface area contributed by atoms with E-state index in [4.69, 9.17) is 0 Å². The number of para-hydroxylation sites is 2. The van der Waals surface area contributed by atoms with E-state index >= 15 is 0 Å². The minimum Gasteiger partial charge on any atom is -0.348 e. The number of nitrogens with one attached hydrogen (secondary N) is 2. The summed E-state index contributed by atoms with van der Waals surface area (Å²) in [6, 6.07) is 19.7. The number of nitrogens with zero attached hydrogens (tertiary/aromatic N) is 1. The van der Waals surface area contributed by atoms with Crippen molar-refractivity contribution in [2.45, 2.75) is 13.5 Å². The van der Waals surface area contributed by atoms with Crippen LogP contribution in [-0.4, -0.2) is 15.9 Å². The number of benzene rings is 2. The van der Waals surface area contributed by atoms with Gasteiger partial charge in [0.2, 0.25) is 0 Å². The second-order valence-electron chi connectivity index (χ2n) is 6.30. The molecular formula is C22H19N3OS. The number of hydrogen-bond acceptors (Lipinski definition) is 3. The molecule has 0 aliphatic heterocycles. The van der Waals surface area contributed by atoms with Crippen LogP contribution < -0.4 is 5.32 Å². The zero-order chi connectivity index (χ0) is 18.6. The second-order valence-corrected chi connectivity index (χ2v) is 7.24. The van der Waals surface area contributed by atoms with Crippen LogP contribution in [0.25, 0.3) is 22.7 Å². The average molecular weight is 373 g/mol. The molecule has 0 aliphatic carbocycles. The Morgan fingerprint density at radius 2 is 1.89 bits per heavy atom. The molecule has 2 N–H and O–H groups in total. The monoisotopic (exact) mass is 373 g/mol. The summed E-state index contributed by atoms with van der Waals surface area (Å²) < 4.78 is 0. The number of rotatable bonds is 5. The van der Waals surface area contributed by atoms with Gasteiger partial charge in [0.25, 0.3) is 5.91 Å². The standard InChI is InChI=1S/C22H19N3OS/c1-15-11-12-27-20(15)13-17(21-24-18-9-5-6-10-19(18)25-21)22(26)23-14-16-7-3-2-4-8-16/h2-13H,14H2,1H3,(H,23,26)(H,24,25). The van der Waals surface area contributed by atoms with Crippen molar-refractivity contribution in [1.29, 1.82) is 0 Å². The van der Waals surface area contributed by atoms with Crippen molar-refractivity contribution in [3.8, 4) is 0 Å². The molecule has 5 heteroatoms. The molecule has 0 bridgehead atoms. The predicted octanol–water partition coefficient (Wildman–Crippen LogP) is 4.79. The molecule has 4 nitrogen and oxygen atoms in total. The average Bonchev–Trinajstić information content (AvgIpc) is 3.30. The number of amides is 1. The molecule has 0 saturated carbocycles. The molecule has 0 aliphatic rings. The zero-order valence-corrected chi connectivity index (χ0v) is 15.7. The van der Waals surface area contributed by atoms with Crippen LogP contribution in [0.4, 0.5) is 0 Å². The first-order valence-corrected chi connectivity index (χ1v) is 9.62. The molecule has 0 saturated heterocycles. The van der Waals surface area contributed by atoms with E-state index in [1.54, 1.807) is 11.3 Å². The Balaban J connectivity index is 1.68. The maximum absolute atomic E-state index is 13.0. The van der Waals surface area contributed by atoms with Gasteiger partial charge in [0.15, 0.2) is 0 Å². The Morgan fingerprint density at radius 1 is 1.11 bits per heavy atom. The van der Waals surface area contributed by atoms with Gasteiger partial charge in [-0.1, -0.05) is 42.5 Å². The Kier molecular flexibility index (Phi) is 4.85. The highest BCUT2D eigenvalue weighted by molar-refractivity contribution is 7.11. The quantitative estimate of drug-likeness (QED) is 0.494. The summed E-state index contributed by atoms with van der Waals surface area (Å²) in [5, 5.41) is 5.04. The number of aryl methyl sites for hydroxylation is 1. The number of carbonyl (C=O) groups is 1. The fraction of sp³-hybridized carbons (Fsp3) is 0.0909. The minimum absolute atomic E-state index is 0.147. The van der Waals surface area contributed by atoms with E-state index in [0.29, 0.717) is 17.9 Å². The Bertz CT molecular complexity index is 1080. The lowest BCUT2D eigenvalue weighted by molar-refractivity contribution is -0.115.